The molecule has 1 amide bonds. The number of hydrogen-bond acceptors (Lipinski definition) is 8. The fourth-order valence-corrected chi connectivity index (χ4v) is 3.32. The summed E-state index contributed by atoms with van der Waals surface area (Å²) in [5.41, 5.74) is 0.596. The molecule has 0 bridgehead atoms. The van der Waals surface area contributed by atoms with Crippen molar-refractivity contribution in [3.8, 4) is 0 Å². The lowest BCUT2D eigenvalue weighted by Crippen LogP contribution is -2.31. The van der Waals surface area contributed by atoms with E-state index in [1.54, 1.807) is 19.1 Å². The molecular formula is C21H16N2O7. The van der Waals surface area contributed by atoms with Gasteiger partial charge < -0.3 is 18.8 Å². The molecule has 1 atom stereocenters. The van der Waals surface area contributed by atoms with Gasteiger partial charge in [-0.05, 0) is 36.8 Å². The third kappa shape index (κ3) is 3.06. The third-order valence-electron chi connectivity index (χ3n) is 4.71. The van der Waals surface area contributed by atoms with E-state index in [1.165, 1.54) is 43.7 Å². The Morgan fingerprint density at radius 2 is 1.93 bits per heavy atom. The molecule has 0 radical (unpaired) electrons. The quantitative estimate of drug-likeness (QED) is 0.504. The molecule has 152 valence electrons. The van der Waals surface area contributed by atoms with Crippen LogP contribution >= 0.6 is 0 Å². The molecule has 0 saturated heterocycles. The first-order valence-electron chi connectivity index (χ1n) is 8.89. The number of aliphatic hydroxyl groups excluding tert-OH is 1. The highest BCUT2D eigenvalue weighted by molar-refractivity contribution is 6.19. The van der Waals surface area contributed by atoms with E-state index < -0.39 is 29.5 Å². The summed E-state index contributed by atoms with van der Waals surface area (Å²) in [7, 11) is 1.27. The maximum atomic E-state index is 13.0. The van der Waals surface area contributed by atoms with Crippen molar-refractivity contribution >= 4 is 23.5 Å². The highest BCUT2D eigenvalue weighted by Crippen LogP contribution is 2.41. The van der Waals surface area contributed by atoms with Crippen LogP contribution in [0.5, 0.6) is 0 Å². The fraction of sp³-hybridized carbons (Fsp3) is 0.143. The lowest BCUT2D eigenvalue weighted by atomic mass is 9.94. The second-order valence-electron chi connectivity index (χ2n) is 6.56. The number of hydrogen-bond donors (Lipinski definition) is 1. The molecule has 1 N–H and O–H groups in total. The van der Waals surface area contributed by atoms with E-state index in [4.69, 9.17) is 13.7 Å². The Morgan fingerprint density at radius 3 is 2.50 bits per heavy atom. The number of carbonyl (C=O) groups excluding carboxylic acids is 3. The molecule has 0 saturated carbocycles. The molecule has 1 aliphatic rings. The van der Waals surface area contributed by atoms with Gasteiger partial charge in [-0.1, -0.05) is 17.3 Å². The summed E-state index contributed by atoms with van der Waals surface area (Å²) in [6, 6.07) is 9.61. The van der Waals surface area contributed by atoms with Gasteiger partial charge in [0.1, 0.15) is 5.76 Å². The van der Waals surface area contributed by atoms with Gasteiger partial charge in [-0.3, -0.25) is 14.5 Å². The number of aryl methyl sites for hydroxylation is 1. The zero-order valence-corrected chi connectivity index (χ0v) is 16.0. The second kappa shape index (κ2) is 7.36. The molecule has 0 fully saturated rings. The van der Waals surface area contributed by atoms with E-state index in [1.807, 2.05) is 0 Å². The summed E-state index contributed by atoms with van der Waals surface area (Å²) in [6.45, 7) is 1.65. The Hall–Kier alpha value is -4.14. The van der Waals surface area contributed by atoms with Crippen molar-refractivity contribution < 1.29 is 33.2 Å². The van der Waals surface area contributed by atoms with Crippen LogP contribution in [0.4, 0.5) is 5.82 Å². The first kappa shape index (κ1) is 19.2. The molecule has 9 heteroatoms. The Bertz CT molecular complexity index is 1160. The SMILES string of the molecule is COC(=O)c1ccc(C2C(C(=O)c3ccco3)=C(O)C(=O)N2c2cc(C)on2)cc1. The zero-order valence-electron chi connectivity index (χ0n) is 16.0. The summed E-state index contributed by atoms with van der Waals surface area (Å²) in [4.78, 5) is 38.8. The molecule has 30 heavy (non-hydrogen) atoms. The highest BCUT2D eigenvalue weighted by Gasteiger charge is 2.46. The first-order chi connectivity index (χ1) is 14.4. The predicted octanol–water partition coefficient (Wildman–Crippen LogP) is 3.15. The van der Waals surface area contributed by atoms with Gasteiger partial charge in [0.05, 0.1) is 30.6 Å². The average Bonchev–Trinajstić information content (AvgIpc) is 3.48. The van der Waals surface area contributed by atoms with Gasteiger partial charge in [0.15, 0.2) is 17.3 Å². The van der Waals surface area contributed by atoms with Gasteiger partial charge in [-0.25, -0.2) is 4.79 Å². The highest BCUT2D eigenvalue weighted by atomic mass is 16.5. The third-order valence-corrected chi connectivity index (χ3v) is 4.71. The number of Topliss-reactive ketones (excluding diaryl/α,β-unsaturated/α-hetero) is 1. The topological polar surface area (TPSA) is 123 Å². The van der Waals surface area contributed by atoms with Crippen LogP contribution in [0.25, 0.3) is 0 Å². The van der Waals surface area contributed by atoms with Crippen LogP contribution in [0.1, 0.15) is 38.3 Å². The fourth-order valence-electron chi connectivity index (χ4n) is 3.32. The largest absolute Gasteiger partial charge is 0.503 e. The molecule has 3 aromatic rings. The van der Waals surface area contributed by atoms with Crippen molar-refractivity contribution in [3.63, 3.8) is 0 Å². The van der Waals surface area contributed by atoms with Crippen LogP contribution in [-0.4, -0.2) is 35.0 Å². The number of anilines is 1. The van der Waals surface area contributed by atoms with Crippen molar-refractivity contribution in [2.45, 2.75) is 13.0 Å². The number of nitrogens with zero attached hydrogens (tertiary/aromatic N) is 2. The van der Waals surface area contributed by atoms with E-state index in [0.29, 0.717) is 16.9 Å². The standard InChI is InChI=1S/C21H16N2O7/c1-11-10-15(22-30-11)23-17(12-5-7-13(8-6-12)21(27)28-2)16(19(25)20(23)26)18(24)14-4-3-9-29-14/h3-10,17,25H,1-2H3. The molecule has 2 aromatic heterocycles. The minimum atomic E-state index is -1.01. The number of methoxy groups -OCH3 is 1. The van der Waals surface area contributed by atoms with Crippen molar-refractivity contribution in [3.05, 3.63) is 82.7 Å². The normalized spacial score (nSPS) is 16.3. The van der Waals surface area contributed by atoms with Crippen molar-refractivity contribution in [1.82, 2.24) is 5.16 Å². The summed E-state index contributed by atoms with van der Waals surface area (Å²) in [5, 5.41) is 14.4. The molecule has 1 aliphatic heterocycles. The number of aromatic nitrogens is 1. The first-order valence-corrected chi connectivity index (χ1v) is 8.89. The average molecular weight is 408 g/mol. The van der Waals surface area contributed by atoms with E-state index in [9.17, 15) is 19.5 Å². The monoisotopic (exact) mass is 408 g/mol. The Kier molecular flexibility index (Phi) is 4.71. The number of esters is 1. The van der Waals surface area contributed by atoms with Gasteiger partial charge in [-0.2, -0.15) is 0 Å². The summed E-state index contributed by atoms with van der Waals surface area (Å²) >= 11 is 0. The van der Waals surface area contributed by atoms with Gasteiger partial charge >= 0.3 is 5.97 Å². The number of carbonyl (C=O) groups is 3. The number of furan rings is 1. The van der Waals surface area contributed by atoms with E-state index >= 15 is 0 Å². The number of ether oxygens (including phenoxy) is 1. The summed E-state index contributed by atoms with van der Waals surface area (Å²) < 4.78 is 14.9. The number of ketones is 1. The van der Waals surface area contributed by atoms with Gasteiger partial charge in [0.2, 0.25) is 5.78 Å². The second-order valence-corrected chi connectivity index (χ2v) is 6.56. The molecule has 3 heterocycles. The van der Waals surface area contributed by atoms with E-state index in [0.717, 1.165) is 4.90 Å². The number of amides is 1. The van der Waals surface area contributed by atoms with E-state index in [2.05, 4.69) is 5.16 Å². The van der Waals surface area contributed by atoms with Crippen LogP contribution in [-0.2, 0) is 9.53 Å². The number of aliphatic hydroxyl groups is 1. The smallest absolute Gasteiger partial charge is 0.337 e. The molecule has 1 unspecified atom stereocenters. The Labute approximate surface area is 170 Å². The Balaban J connectivity index is 1.84. The minimum absolute atomic E-state index is 0.0290. The van der Waals surface area contributed by atoms with Gasteiger partial charge in [0.25, 0.3) is 5.91 Å². The van der Waals surface area contributed by atoms with Crippen LogP contribution < -0.4 is 4.90 Å². The van der Waals surface area contributed by atoms with Crippen molar-refractivity contribution in [2.24, 2.45) is 0 Å². The lowest BCUT2D eigenvalue weighted by molar-refractivity contribution is -0.117. The van der Waals surface area contributed by atoms with E-state index in [-0.39, 0.29) is 17.2 Å². The van der Waals surface area contributed by atoms with Crippen LogP contribution in [0.15, 0.2) is 69.0 Å². The molecule has 0 spiro atoms. The van der Waals surface area contributed by atoms with Gasteiger partial charge in [-0.15, -0.1) is 0 Å². The van der Waals surface area contributed by atoms with Crippen LogP contribution in [0, 0.1) is 6.92 Å². The molecule has 1 aromatic carbocycles. The summed E-state index contributed by atoms with van der Waals surface area (Å²) in [6.07, 6.45) is 1.32. The maximum Gasteiger partial charge on any atom is 0.337 e. The maximum absolute atomic E-state index is 13.0. The van der Waals surface area contributed by atoms with Crippen LogP contribution in [0.3, 0.4) is 0 Å². The predicted molar refractivity (Wildman–Crippen MR) is 102 cm³/mol. The lowest BCUT2D eigenvalue weighted by Gasteiger charge is -2.24. The number of rotatable bonds is 5. The minimum Gasteiger partial charge on any atom is -0.503 e. The number of benzene rings is 1. The zero-order chi connectivity index (χ0) is 21.4. The molecule has 4 rings (SSSR count). The molecule has 9 nitrogen and oxygen atoms in total. The molecule has 0 aliphatic carbocycles. The molecular weight excluding hydrogens is 392 g/mol. The van der Waals surface area contributed by atoms with Crippen molar-refractivity contribution in [2.75, 3.05) is 12.0 Å². The Morgan fingerprint density at radius 1 is 1.20 bits per heavy atom. The van der Waals surface area contributed by atoms with Crippen molar-refractivity contribution in [1.29, 1.82) is 0 Å². The summed E-state index contributed by atoms with van der Waals surface area (Å²) in [5.74, 6) is -2.14. The van der Waals surface area contributed by atoms with Crippen LogP contribution in [0.2, 0.25) is 0 Å². The van der Waals surface area contributed by atoms with Gasteiger partial charge in [0, 0.05) is 6.07 Å².